The van der Waals surface area contributed by atoms with Crippen LogP contribution in [0.15, 0.2) is 48.8 Å². The van der Waals surface area contributed by atoms with E-state index in [-0.39, 0.29) is 23.8 Å². The van der Waals surface area contributed by atoms with Crippen LogP contribution >= 0.6 is 0 Å². The van der Waals surface area contributed by atoms with Gasteiger partial charge in [-0.2, -0.15) is 13.2 Å². The SMILES string of the molecule is CC(NC(=O)C1CC1c1ccc(C(F)(F)F)cc1)c1ccncc1. The molecule has 3 atom stereocenters. The number of amides is 1. The smallest absolute Gasteiger partial charge is 0.349 e. The van der Waals surface area contributed by atoms with Crippen molar-refractivity contribution in [1.29, 1.82) is 0 Å². The van der Waals surface area contributed by atoms with Crippen LogP contribution in [0.5, 0.6) is 0 Å². The van der Waals surface area contributed by atoms with E-state index in [1.807, 2.05) is 19.1 Å². The third-order valence-corrected chi connectivity index (χ3v) is 4.36. The number of benzene rings is 1. The van der Waals surface area contributed by atoms with Crippen molar-refractivity contribution < 1.29 is 18.0 Å². The van der Waals surface area contributed by atoms with Crippen molar-refractivity contribution in [1.82, 2.24) is 10.3 Å². The predicted octanol–water partition coefficient (Wildman–Crippen LogP) is 4.08. The van der Waals surface area contributed by atoms with Crippen LogP contribution in [0.25, 0.3) is 0 Å². The highest BCUT2D eigenvalue weighted by Gasteiger charge is 2.44. The molecule has 1 aromatic carbocycles. The zero-order valence-electron chi connectivity index (χ0n) is 13.0. The molecule has 1 aliphatic carbocycles. The van der Waals surface area contributed by atoms with E-state index in [4.69, 9.17) is 0 Å². The summed E-state index contributed by atoms with van der Waals surface area (Å²) in [5.74, 6) is -0.243. The Morgan fingerprint density at radius 2 is 1.79 bits per heavy atom. The molecular formula is C18H17F3N2O. The van der Waals surface area contributed by atoms with Gasteiger partial charge in [0, 0.05) is 18.3 Å². The number of rotatable bonds is 4. The molecule has 1 fully saturated rings. The molecule has 0 radical (unpaired) electrons. The maximum atomic E-state index is 12.6. The second-order valence-electron chi connectivity index (χ2n) is 6.08. The van der Waals surface area contributed by atoms with Crippen LogP contribution in [0.4, 0.5) is 13.2 Å². The Bertz CT molecular complexity index is 713. The van der Waals surface area contributed by atoms with Crippen LogP contribution in [-0.2, 0) is 11.0 Å². The monoisotopic (exact) mass is 334 g/mol. The average Bonchev–Trinajstić information content (AvgIpc) is 3.36. The van der Waals surface area contributed by atoms with Crippen molar-refractivity contribution in [3.8, 4) is 0 Å². The van der Waals surface area contributed by atoms with E-state index in [9.17, 15) is 18.0 Å². The van der Waals surface area contributed by atoms with Crippen LogP contribution in [0, 0.1) is 5.92 Å². The fourth-order valence-corrected chi connectivity index (χ4v) is 2.83. The summed E-state index contributed by atoms with van der Waals surface area (Å²) in [4.78, 5) is 16.2. The molecule has 2 aromatic rings. The second kappa shape index (κ2) is 6.26. The van der Waals surface area contributed by atoms with Gasteiger partial charge in [-0.3, -0.25) is 9.78 Å². The highest BCUT2D eigenvalue weighted by atomic mass is 19.4. The maximum absolute atomic E-state index is 12.6. The summed E-state index contributed by atoms with van der Waals surface area (Å²) in [7, 11) is 0. The largest absolute Gasteiger partial charge is 0.416 e. The number of carbonyl (C=O) groups is 1. The van der Waals surface area contributed by atoms with Crippen molar-refractivity contribution >= 4 is 5.91 Å². The Morgan fingerprint density at radius 1 is 1.17 bits per heavy atom. The first-order valence-electron chi connectivity index (χ1n) is 7.73. The third kappa shape index (κ3) is 3.58. The van der Waals surface area contributed by atoms with E-state index in [1.54, 1.807) is 12.4 Å². The molecule has 0 bridgehead atoms. The number of hydrogen-bond donors (Lipinski definition) is 1. The Morgan fingerprint density at radius 3 is 2.38 bits per heavy atom. The topological polar surface area (TPSA) is 42.0 Å². The number of nitrogens with one attached hydrogen (secondary N) is 1. The van der Waals surface area contributed by atoms with E-state index in [1.165, 1.54) is 12.1 Å². The number of hydrogen-bond acceptors (Lipinski definition) is 2. The molecule has 1 aliphatic rings. The quantitative estimate of drug-likeness (QED) is 0.915. The van der Waals surface area contributed by atoms with E-state index in [0.717, 1.165) is 23.3 Å². The van der Waals surface area contributed by atoms with Crippen LogP contribution in [-0.4, -0.2) is 10.9 Å². The van der Waals surface area contributed by atoms with Crippen LogP contribution in [0.2, 0.25) is 0 Å². The van der Waals surface area contributed by atoms with Crippen molar-refractivity contribution in [2.45, 2.75) is 31.5 Å². The number of alkyl halides is 3. The van der Waals surface area contributed by atoms with Crippen molar-refractivity contribution in [2.24, 2.45) is 5.92 Å². The predicted molar refractivity (Wildman–Crippen MR) is 83.1 cm³/mol. The summed E-state index contributed by atoms with van der Waals surface area (Å²) in [6.45, 7) is 1.89. The molecule has 6 heteroatoms. The fraction of sp³-hybridized carbons (Fsp3) is 0.333. The van der Waals surface area contributed by atoms with Gasteiger partial charge in [0.05, 0.1) is 11.6 Å². The molecule has 24 heavy (non-hydrogen) atoms. The molecular weight excluding hydrogens is 317 g/mol. The highest BCUT2D eigenvalue weighted by molar-refractivity contribution is 5.83. The van der Waals surface area contributed by atoms with E-state index < -0.39 is 11.7 Å². The lowest BCUT2D eigenvalue weighted by atomic mass is 10.1. The molecule has 1 heterocycles. The number of aromatic nitrogens is 1. The molecule has 1 N–H and O–H groups in total. The standard InChI is InChI=1S/C18H17F3N2O/c1-11(12-6-8-22-9-7-12)23-17(24)16-10-15(16)13-2-4-14(5-3-13)18(19,20)21/h2-9,11,15-16H,10H2,1H3,(H,23,24). The van der Waals surface area contributed by atoms with E-state index in [2.05, 4.69) is 10.3 Å². The van der Waals surface area contributed by atoms with Gasteiger partial charge in [0.1, 0.15) is 0 Å². The summed E-state index contributed by atoms with van der Waals surface area (Å²) in [6, 6.07) is 8.62. The lowest BCUT2D eigenvalue weighted by molar-refractivity contribution is -0.137. The molecule has 1 amide bonds. The van der Waals surface area contributed by atoms with Crippen LogP contribution in [0.1, 0.15) is 42.0 Å². The molecule has 1 aromatic heterocycles. The first-order chi connectivity index (χ1) is 11.4. The van der Waals surface area contributed by atoms with Gasteiger partial charge in [-0.05, 0) is 54.7 Å². The molecule has 0 aliphatic heterocycles. The Kier molecular flexibility index (Phi) is 4.30. The normalized spacial score (nSPS) is 21.2. The molecule has 126 valence electrons. The first-order valence-corrected chi connectivity index (χ1v) is 7.73. The third-order valence-electron chi connectivity index (χ3n) is 4.36. The Balaban J connectivity index is 1.59. The minimum absolute atomic E-state index is 0.00285. The van der Waals surface area contributed by atoms with Crippen LogP contribution < -0.4 is 5.32 Å². The number of pyridine rings is 1. The Hall–Kier alpha value is -2.37. The van der Waals surface area contributed by atoms with E-state index >= 15 is 0 Å². The zero-order valence-corrected chi connectivity index (χ0v) is 13.0. The molecule has 3 nitrogen and oxygen atoms in total. The maximum Gasteiger partial charge on any atom is 0.416 e. The minimum atomic E-state index is -4.33. The lowest BCUT2D eigenvalue weighted by Gasteiger charge is -2.14. The molecule has 0 saturated heterocycles. The van der Waals surface area contributed by atoms with Crippen molar-refractivity contribution in [2.75, 3.05) is 0 Å². The van der Waals surface area contributed by atoms with Gasteiger partial charge in [0.25, 0.3) is 0 Å². The summed E-state index contributed by atoms with van der Waals surface area (Å²) in [6.07, 6.45) is -0.334. The summed E-state index contributed by atoms with van der Waals surface area (Å²) < 4.78 is 37.7. The van der Waals surface area contributed by atoms with Gasteiger partial charge in [0.2, 0.25) is 5.91 Å². The number of nitrogens with zero attached hydrogens (tertiary/aromatic N) is 1. The molecule has 3 unspecified atom stereocenters. The minimum Gasteiger partial charge on any atom is -0.349 e. The molecule has 3 rings (SSSR count). The lowest BCUT2D eigenvalue weighted by Crippen LogP contribution is -2.28. The fourth-order valence-electron chi connectivity index (χ4n) is 2.83. The summed E-state index contributed by atoms with van der Waals surface area (Å²) in [5.41, 5.74) is 1.07. The van der Waals surface area contributed by atoms with Crippen LogP contribution in [0.3, 0.4) is 0 Å². The van der Waals surface area contributed by atoms with Gasteiger partial charge >= 0.3 is 6.18 Å². The van der Waals surface area contributed by atoms with Gasteiger partial charge in [0.15, 0.2) is 0 Å². The first kappa shape index (κ1) is 16.5. The van der Waals surface area contributed by atoms with Crippen molar-refractivity contribution in [3.63, 3.8) is 0 Å². The van der Waals surface area contributed by atoms with Gasteiger partial charge in [-0.25, -0.2) is 0 Å². The van der Waals surface area contributed by atoms with Gasteiger partial charge in [-0.15, -0.1) is 0 Å². The second-order valence-corrected chi connectivity index (χ2v) is 6.08. The molecule has 1 saturated carbocycles. The highest BCUT2D eigenvalue weighted by Crippen LogP contribution is 2.48. The number of carbonyl (C=O) groups excluding carboxylic acids is 1. The summed E-state index contributed by atoms with van der Waals surface area (Å²) in [5, 5.41) is 2.95. The Labute approximate surface area is 137 Å². The zero-order chi connectivity index (χ0) is 17.3. The van der Waals surface area contributed by atoms with Gasteiger partial charge < -0.3 is 5.32 Å². The number of halogens is 3. The van der Waals surface area contributed by atoms with Gasteiger partial charge in [-0.1, -0.05) is 12.1 Å². The molecule has 0 spiro atoms. The summed E-state index contributed by atoms with van der Waals surface area (Å²) >= 11 is 0. The van der Waals surface area contributed by atoms with E-state index in [0.29, 0.717) is 6.42 Å². The van der Waals surface area contributed by atoms with Crippen molar-refractivity contribution in [3.05, 3.63) is 65.5 Å². The average molecular weight is 334 g/mol.